The molecule has 1 aromatic rings. The van der Waals surface area contributed by atoms with Crippen LogP contribution in [0.2, 0.25) is 0 Å². The Hall–Kier alpha value is -1.89. The Morgan fingerprint density at radius 3 is 2.62 bits per heavy atom. The van der Waals surface area contributed by atoms with Crippen LogP contribution in [0.15, 0.2) is 18.5 Å². The van der Waals surface area contributed by atoms with E-state index in [1.54, 1.807) is 6.92 Å². The minimum atomic E-state index is -0.377. The van der Waals surface area contributed by atoms with E-state index >= 15 is 0 Å². The maximum Gasteiger partial charge on any atom is 0.230 e. The van der Waals surface area contributed by atoms with Gasteiger partial charge in [0.25, 0.3) is 0 Å². The topological polar surface area (TPSA) is 61.7 Å². The van der Waals surface area contributed by atoms with Crippen molar-refractivity contribution in [3.05, 3.63) is 18.5 Å². The summed E-state index contributed by atoms with van der Waals surface area (Å²) in [7, 11) is 2.10. The van der Waals surface area contributed by atoms with Gasteiger partial charge in [0.05, 0.1) is 11.5 Å². The highest BCUT2D eigenvalue weighted by atomic mass is 16.2. The molecule has 160 valence electrons. The number of aryl methyl sites for hydroxylation is 1. The molecule has 0 bridgehead atoms. The third kappa shape index (κ3) is 4.06. The van der Waals surface area contributed by atoms with E-state index in [0.29, 0.717) is 11.8 Å². The van der Waals surface area contributed by atoms with Crippen molar-refractivity contribution >= 4 is 11.8 Å². The Bertz CT molecular complexity index is 713. The molecule has 0 spiro atoms. The number of likely N-dealkylation sites (N-methyl/N-ethyl adjacent to an activating group) is 1. The molecule has 1 aromatic heterocycles. The predicted molar refractivity (Wildman–Crippen MR) is 111 cm³/mol. The Morgan fingerprint density at radius 2 is 1.93 bits per heavy atom. The number of aromatic nitrogens is 2. The van der Waals surface area contributed by atoms with Crippen molar-refractivity contribution < 1.29 is 9.59 Å². The lowest BCUT2D eigenvalue weighted by atomic mass is 9.67. The van der Waals surface area contributed by atoms with Crippen molar-refractivity contribution in [2.24, 2.45) is 11.3 Å². The maximum absolute atomic E-state index is 13.8. The van der Waals surface area contributed by atoms with Gasteiger partial charge in [0, 0.05) is 52.0 Å². The van der Waals surface area contributed by atoms with Gasteiger partial charge in [-0.25, -0.2) is 0 Å². The SMILES string of the molecule is CC(=O)N1CCC[C@@]2(C(=O)N3CCC(CCn4cccn4)CC3)CCN(C)C[C@H]12. The van der Waals surface area contributed by atoms with Crippen LogP contribution in [0, 0.1) is 11.3 Å². The third-order valence-electron chi connectivity index (χ3n) is 7.52. The first kappa shape index (κ1) is 20.4. The van der Waals surface area contributed by atoms with Gasteiger partial charge in [-0.2, -0.15) is 5.10 Å². The monoisotopic (exact) mass is 401 g/mol. The summed E-state index contributed by atoms with van der Waals surface area (Å²) < 4.78 is 2.00. The van der Waals surface area contributed by atoms with E-state index < -0.39 is 0 Å². The fourth-order valence-electron chi connectivity index (χ4n) is 5.75. The number of rotatable bonds is 4. The molecule has 0 radical (unpaired) electrons. The first-order valence-corrected chi connectivity index (χ1v) is 11.2. The Labute approximate surface area is 174 Å². The fraction of sp³-hybridized carbons (Fsp3) is 0.773. The van der Waals surface area contributed by atoms with Crippen LogP contribution in [-0.4, -0.2) is 82.1 Å². The van der Waals surface area contributed by atoms with Crippen LogP contribution >= 0.6 is 0 Å². The minimum absolute atomic E-state index is 0.0255. The van der Waals surface area contributed by atoms with Crippen molar-refractivity contribution in [3.63, 3.8) is 0 Å². The van der Waals surface area contributed by atoms with Crippen molar-refractivity contribution in [2.45, 2.75) is 58.0 Å². The zero-order valence-electron chi connectivity index (χ0n) is 17.9. The second kappa shape index (κ2) is 8.46. The van der Waals surface area contributed by atoms with E-state index in [2.05, 4.69) is 21.9 Å². The summed E-state index contributed by atoms with van der Waals surface area (Å²) in [6, 6.07) is 1.99. The van der Waals surface area contributed by atoms with Crippen LogP contribution in [-0.2, 0) is 16.1 Å². The summed E-state index contributed by atoms with van der Waals surface area (Å²) >= 11 is 0. The second-order valence-corrected chi connectivity index (χ2v) is 9.29. The Kier molecular flexibility index (Phi) is 5.95. The summed E-state index contributed by atoms with van der Waals surface area (Å²) in [4.78, 5) is 32.5. The molecule has 7 heteroatoms. The van der Waals surface area contributed by atoms with E-state index in [4.69, 9.17) is 0 Å². The number of hydrogen-bond donors (Lipinski definition) is 0. The molecule has 3 saturated heterocycles. The molecular weight excluding hydrogens is 366 g/mol. The van der Waals surface area contributed by atoms with Gasteiger partial charge >= 0.3 is 0 Å². The lowest BCUT2D eigenvalue weighted by Gasteiger charge is -2.54. The summed E-state index contributed by atoms with van der Waals surface area (Å²) in [5.74, 6) is 1.08. The summed E-state index contributed by atoms with van der Waals surface area (Å²) in [6.45, 7) is 6.86. The highest BCUT2D eigenvalue weighted by Gasteiger charge is 2.54. The molecule has 29 heavy (non-hydrogen) atoms. The fourth-order valence-corrected chi connectivity index (χ4v) is 5.75. The zero-order chi connectivity index (χ0) is 20.4. The maximum atomic E-state index is 13.8. The largest absolute Gasteiger partial charge is 0.342 e. The number of carbonyl (C=O) groups excluding carboxylic acids is 2. The van der Waals surface area contributed by atoms with Crippen molar-refractivity contribution in [1.29, 1.82) is 0 Å². The average molecular weight is 402 g/mol. The summed E-state index contributed by atoms with van der Waals surface area (Å²) in [5.41, 5.74) is -0.377. The number of amides is 2. The van der Waals surface area contributed by atoms with Gasteiger partial charge in [-0.3, -0.25) is 14.3 Å². The van der Waals surface area contributed by atoms with Crippen LogP contribution in [0.4, 0.5) is 0 Å². The van der Waals surface area contributed by atoms with E-state index in [9.17, 15) is 9.59 Å². The molecule has 4 rings (SSSR count). The highest BCUT2D eigenvalue weighted by Crippen LogP contribution is 2.44. The van der Waals surface area contributed by atoms with Crippen LogP contribution in [0.3, 0.4) is 0 Å². The van der Waals surface area contributed by atoms with Crippen LogP contribution < -0.4 is 0 Å². The molecule has 2 amide bonds. The van der Waals surface area contributed by atoms with Gasteiger partial charge < -0.3 is 14.7 Å². The third-order valence-corrected chi connectivity index (χ3v) is 7.52. The van der Waals surface area contributed by atoms with Crippen molar-refractivity contribution in [3.8, 4) is 0 Å². The predicted octanol–water partition coefficient (Wildman–Crippen LogP) is 1.84. The molecule has 3 aliphatic heterocycles. The van der Waals surface area contributed by atoms with E-state index in [1.165, 1.54) is 0 Å². The lowest BCUT2D eigenvalue weighted by Crippen LogP contribution is -2.66. The first-order chi connectivity index (χ1) is 14.0. The Balaban J connectivity index is 1.40. The van der Waals surface area contributed by atoms with Crippen LogP contribution in [0.1, 0.15) is 45.4 Å². The van der Waals surface area contributed by atoms with E-state index in [0.717, 1.165) is 77.8 Å². The summed E-state index contributed by atoms with van der Waals surface area (Å²) in [5, 5.41) is 4.29. The molecule has 0 saturated carbocycles. The standard InChI is InChI=1S/C22H35N5O2/c1-18(28)27-12-3-8-22(9-16-24(2)17-20(22)27)21(29)25-13-5-19(6-14-25)7-15-26-11-4-10-23-26/h4,10-11,19-20H,3,5-9,12-17H2,1-2H3/t20-,22+/m0/s1. The van der Waals surface area contributed by atoms with Gasteiger partial charge in [-0.15, -0.1) is 0 Å². The van der Waals surface area contributed by atoms with Crippen LogP contribution in [0.5, 0.6) is 0 Å². The van der Waals surface area contributed by atoms with Gasteiger partial charge in [-0.1, -0.05) is 0 Å². The Morgan fingerprint density at radius 1 is 1.14 bits per heavy atom. The molecular formula is C22H35N5O2. The molecule has 0 unspecified atom stereocenters. The molecule has 3 aliphatic rings. The van der Waals surface area contributed by atoms with Gasteiger partial charge in [0.2, 0.25) is 11.8 Å². The summed E-state index contributed by atoms with van der Waals surface area (Å²) in [6.07, 6.45) is 9.85. The van der Waals surface area contributed by atoms with Gasteiger partial charge in [0.15, 0.2) is 0 Å². The first-order valence-electron chi connectivity index (χ1n) is 11.2. The van der Waals surface area contributed by atoms with Gasteiger partial charge in [0.1, 0.15) is 0 Å². The highest BCUT2D eigenvalue weighted by molar-refractivity contribution is 5.85. The van der Waals surface area contributed by atoms with Gasteiger partial charge in [-0.05, 0) is 64.1 Å². The van der Waals surface area contributed by atoms with E-state index in [-0.39, 0.29) is 17.4 Å². The molecule has 0 aliphatic carbocycles. The number of piperidine rings is 3. The molecule has 0 aromatic carbocycles. The smallest absolute Gasteiger partial charge is 0.230 e. The molecule has 7 nitrogen and oxygen atoms in total. The molecule has 3 fully saturated rings. The molecule has 4 heterocycles. The number of nitrogens with zero attached hydrogens (tertiary/aromatic N) is 5. The van der Waals surface area contributed by atoms with E-state index in [1.807, 2.05) is 28.0 Å². The minimum Gasteiger partial charge on any atom is -0.342 e. The molecule has 2 atom stereocenters. The number of hydrogen-bond acceptors (Lipinski definition) is 4. The normalized spacial score (nSPS) is 29.0. The zero-order valence-corrected chi connectivity index (χ0v) is 17.9. The second-order valence-electron chi connectivity index (χ2n) is 9.29. The number of fused-ring (bicyclic) bond motifs is 1. The quantitative estimate of drug-likeness (QED) is 0.772. The van der Waals surface area contributed by atoms with Crippen LogP contribution in [0.25, 0.3) is 0 Å². The van der Waals surface area contributed by atoms with Crippen molar-refractivity contribution in [1.82, 2.24) is 24.5 Å². The number of likely N-dealkylation sites (tertiary alicyclic amines) is 3. The average Bonchev–Trinajstić information content (AvgIpc) is 3.25. The molecule has 0 N–H and O–H groups in total. The van der Waals surface area contributed by atoms with Crippen molar-refractivity contribution in [2.75, 3.05) is 39.8 Å². The lowest BCUT2D eigenvalue weighted by molar-refractivity contribution is -0.161. The number of carbonyl (C=O) groups is 2.